The number of aromatic nitrogens is 3. The third kappa shape index (κ3) is 2.36. The molecule has 0 saturated heterocycles. The second kappa shape index (κ2) is 5.02. The third-order valence-electron chi connectivity index (χ3n) is 3.14. The van der Waals surface area contributed by atoms with Gasteiger partial charge in [-0.05, 0) is 42.8 Å². The maximum absolute atomic E-state index is 5.79. The van der Waals surface area contributed by atoms with Gasteiger partial charge >= 0.3 is 0 Å². The average Bonchev–Trinajstić information content (AvgIpc) is 2.60. The lowest BCUT2D eigenvalue weighted by Crippen LogP contribution is -2.02. The summed E-state index contributed by atoms with van der Waals surface area (Å²) in [5, 5.41) is 9.58. The van der Waals surface area contributed by atoms with E-state index in [1.807, 2.05) is 18.2 Å². The molecule has 0 bridgehead atoms. The molecular weight excluding hydrogens is 244 g/mol. The first-order valence-electron chi connectivity index (χ1n) is 6.28. The standard InChI is InChI=1S/C13H16N4S/c14-10-5-4-6-11(9-10)18-13-16-15-12-7-2-1-3-8-17(12)13/h4-6,9H,1-3,7-8,14H2. The topological polar surface area (TPSA) is 56.7 Å². The van der Waals surface area contributed by atoms with Crippen molar-refractivity contribution in [3.63, 3.8) is 0 Å². The van der Waals surface area contributed by atoms with Crippen LogP contribution in [0.15, 0.2) is 34.3 Å². The van der Waals surface area contributed by atoms with Crippen molar-refractivity contribution in [2.45, 2.75) is 42.3 Å². The highest BCUT2D eigenvalue weighted by atomic mass is 32.2. The van der Waals surface area contributed by atoms with Crippen LogP contribution in [0.4, 0.5) is 5.69 Å². The molecule has 3 rings (SSSR count). The summed E-state index contributed by atoms with van der Waals surface area (Å²) in [6.45, 7) is 1.03. The number of nitrogens with two attached hydrogens (primary N) is 1. The third-order valence-corrected chi connectivity index (χ3v) is 4.12. The average molecular weight is 260 g/mol. The molecular formula is C13H16N4S. The molecule has 1 aromatic heterocycles. The number of rotatable bonds is 2. The fourth-order valence-electron chi connectivity index (χ4n) is 2.22. The van der Waals surface area contributed by atoms with Crippen LogP contribution in [-0.4, -0.2) is 14.8 Å². The van der Waals surface area contributed by atoms with Gasteiger partial charge in [-0.25, -0.2) is 0 Å². The highest BCUT2D eigenvalue weighted by Gasteiger charge is 2.15. The summed E-state index contributed by atoms with van der Waals surface area (Å²) in [6, 6.07) is 7.90. The predicted octanol–water partition coefficient (Wildman–Crippen LogP) is 2.74. The van der Waals surface area contributed by atoms with Crippen LogP contribution >= 0.6 is 11.8 Å². The van der Waals surface area contributed by atoms with E-state index in [1.165, 1.54) is 19.3 Å². The molecule has 2 N–H and O–H groups in total. The van der Waals surface area contributed by atoms with Gasteiger partial charge in [-0.2, -0.15) is 0 Å². The van der Waals surface area contributed by atoms with Crippen molar-refractivity contribution in [3.05, 3.63) is 30.1 Å². The van der Waals surface area contributed by atoms with Gasteiger partial charge in [0.05, 0.1) is 0 Å². The molecule has 1 aliphatic rings. The molecule has 2 heterocycles. The number of nitrogen functional groups attached to an aromatic ring is 1. The van der Waals surface area contributed by atoms with E-state index in [0.717, 1.165) is 34.5 Å². The molecule has 4 nitrogen and oxygen atoms in total. The molecule has 0 aliphatic carbocycles. The summed E-state index contributed by atoms with van der Waals surface area (Å²) in [4.78, 5) is 1.12. The van der Waals surface area contributed by atoms with Crippen LogP contribution in [0, 0.1) is 0 Å². The normalized spacial score (nSPS) is 15.1. The second-order valence-corrected chi connectivity index (χ2v) is 5.58. The Balaban J connectivity index is 1.87. The molecule has 18 heavy (non-hydrogen) atoms. The number of aryl methyl sites for hydroxylation is 1. The quantitative estimate of drug-likeness (QED) is 0.844. The molecule has 0 atom stereocenters. The number of benzene rings is 1. The van der Waals surface area contributed by atoms with E-state index in [-0.39, 0.29) is 0 Å². The van der Waals surface area contributed by atoms with Gasteiger partial charge in [-0.15, -0.1) is 10.2 Å². The molecule has 0 saturated carbocycles. The van der Waals surface area contributed by atoms with Gasteiger partial charge in [-0.1, -0.05) is 12.5 Å². The number of hydrogen-bond donors (Lipinski definition) is 1. The molecule has 0 radical (unpaired) electrons. The van der Waals surface area contributed by atoms with E-state index in [0.29, 0.717) is 0 Å². The SMILES string of the molecule is Nc1cccc(Sc2nnc3n2CCCCC3)c1. The Bertz CT molecular complexity index is 550. The Kier molecular flexibility index (Phi) is 3.23. The molecule has 0 spiro atoms. The van der Waals surface area contributed by atoms with Crippen LogP contribution in [0.5, 0.6) is 0 Å². The minimum absolute atomic E-state index is 0.788. The monoisotopic (exact) mass is 260 g/mol. The van der Waals surface area contributed by atoms with Crippen LogP contribution in [0.3, 0.4) is 0 Å². The summed E-state index contributed by atoms with van der Waals surface area (Å²) in [5.41, 5.74) is 6.58. The Hall–Kier alpha value is -1.49. The number of nitrogens with zero attached hydrogens (tertiary/aromatic N) is 3. The molecule has 94 valence electrons. The van der Waals surface area contributed by atoms with Crippen LogP contribution in [0.25, 0.3) is 0 Å². The molecule has 2 aromatic rings. The lowest BCUT2D eigenvalue weighted by atomic mass is 10.2. The van der Waals surface area contributed by atoms with E-state index < -0.39 is 0 Å². The highest BCUT2D eigenvalue weighted by Crippen LogP contribution is 2.29. The van der Waals surface area contributed by atoms with Gasteiger partial charge in [-0.3, -0.25) is 0 Å². The first-order valence-corrected chi connectivity index (χ1v) is 7.10. The predicted molar refractivity (Wildman–Crippen MR) is 72.6 cm³/mol. The first-order chi connectivity index (χ1) is 8.83. The Labute approximate surface area is 111 Å². The Morgan fingerprint density at radius 2 is 2.11 bits per heavy atom. The Morgan fingerprint density at radius 3 is 3.00 bits per heavy atom. The zero-order valence-corrected chi connectivity index (χ0v) is 11.0. The molecule has 0 amide bonds. The first kappa shape index (κ1) is 11.6. The molecule has 0 fully saturated rings. The van der Waals surface area contributed by atoms with Crippen molar-refractivity contribution in [2.24, 2.45) is 0 Å². The van der Waals surface area contributed by atoms with Gasteiger partial charge < -0.3 is 10.3 Å². The molecule has 1 aromatic carbocycles. The van der Waals surface area contributed by atoms with Crippen LogP contribution in [0.2, 0.25) is 0 Å². The molecule has 1 aliphatic heterocycles. The van der Waals surface area contributed by atoms with Crippen molar-refractivity contribution in [3.8, 4) is 0 Å². The number of anilines is 1. The maximum atomic E-state index is 5.79. The van der Waals surface area contributed by atoms with Gasteiger partial charge in [0.1, 0.15) is 5.82 Å². The number of fused-ring (bicyclic) bond motifs is 1. The minimum Gasteiger partial charge on any atom is -0.399 e. The summed E-state index contributed by atoms with van der Waals surface area (Å²) in [6.07, 6.45) is 4.77. The summed E-state index contributed by atoms with van der Waals surface area (Å²) >= 11 is 1.64. The molecule has 0 unspecified atom stereocenters. The summed E-state index contributed by atoms with van der Waals surface area (Å²) in [7, 11) is 0. The largest absolute Gasteiger partial charge is 0.399 e. The van der Waals surface area contributed by atoms with Crippen LogP contribution < -0.4 is 5.73 Å². The van der Waals surface area contributed by atoms with E-state index in [1.54, 1.807) is 11.8 Å². The minimum atomic E-state index is 0.788. The maximum Gasteiger partial charge on any atom is 0.196 e. The second-order valence-electron chi connectivity index (χ2n) is 4.54. The van der Waals surface area contributed by atoms with Gasteiger partial charge in [0.25, 0.3) is 0 Å². The van der Waals surface area contributed by atoms with Crippen molar-refractivity contribution >= 4 is 17.4 Å². The van der Waals surface area contributed by atoms with Gasteiger partial charge in [0.2, 0.25) is 0 Å². The van der Waals surface area contributed by atoms with E-state index in [2.05, 4.69) is 20.8 Å². The van der Waals surface area contributed by atoms with Crippen molar-refractivity contribution in [2.75, 3.05) is 5.73 Å². The van der Waals surface area contributed by atoms with E-state index in [4.69, 9.17) is 5.73 Å². The summed E-state index contributed by atoms with van der Waals surface area (Å²) < 4.78 is 2.25. The van der Waals surface area contributed by atoms with Crippen molar-refractivity contribution < 1.29 is 0 Å². The van der Waals surface area contributed by atoms with E-state index in [9.17, 15) is 0 Å². The number of hydrogen-bond acceptors (Lipinski definition) is 4. The lowest BCUT2D eigenvalue weighted by molar-refractivity contribution is 0.591. The van der Waals surface area contributed by atoms with Gasteiger partial charge in [0.15, 0.2) is 5.16 Å². The smallest absolute Gasteiger partial charge is 0.196 e. The summed E-state index contributed by atoms with van der Waals surface area (Å²) in [5.74, 6) is 1.12. The fourth-order valence-corrected chi connectivity index (χ4v) is 3.16. The van der Waals surface area contributed by atoms with E-state index >= 15 is 0 Å². The van der Waals surface area contributed by atoms with Crippen molar-refractivity contribution in [1.29, 1.82) is 0 Å². The molecule has 5 heteroatoms. The fraction of sp³-hybridized carbons (Fsp3) is 0.385. The van der Waals surface area contributed by atoms with Crippen LogP contribution in [-0.2, 0) is 13.0 Å². The zero-order chi connectivity index (χ0) is 12.4. The van der Waals surface area contributed by atoms with Crippen molar-refractivity contribution in [1.82, 2.24) is 14.8 Å². The zero-order valence-electron chi connectivity index (χ0n) is 10.2. The van der Waals surface area contributed by atoms with Crippen LogP contribution in [0.1, 0.15) is 25.1 Å². The lowest BCUT2D eigenvalue weighted by Gasteiger charge is -2.06. The highest BCUT2D eigenvalue weighted by molar-refractivity contribution is 7.99. The van der Waals surface area contributed by atoms with Gasteiger partial charge in [0, 0.05) is 23.5 Å². The Morgan fingerprint density at radius 1 is 1.17 bits per heavy atom.